The van der Waals surface area contributed by atoms with Crippen LogP contribution in [0.5, 0.6) is 0 Å². The first-order valence-corrected chi connectivity index (χ1v) is 11.0. The van der Waals surface area contributed by atoms with Crippen LogP contribution >= 0.6 is 0 Å². The summed E-state index contributed by atoms with van der Waals surface area (Å²) in [7, 11) is 0. The van der Waals surface area contributed by atoms with Crippen LogP contribution in [0.25, 0.3) is 17.2 Å². The minimum atomic E-state index is 0.210. The summed E-state index contributed by atoms with van der Waals surface area (Å²) in [6.07, 6.45) is 15.5. The predicted octanol–water partition coefficient (Wildman–Crippen LogP) is 8.05. The third kappa shape index (κ3) is 2.89. The summed E-state index contributed by atoms with van der Waals surface area (Å²) in [5.74, 6) is 0. The smallest absolute Gasteiger partial charge is 0.0258 e. The molecule has 2 aromatic carbocycles. The number of benzene rings is 2. The molecule has 142 valence electrons. The fourth-order valence-electron chi connectivity index (χ4n) is 5.60. The monoisotopic (exact) mass is 358 g/mol. The first-order chi connectivity index (χ1) is 13.1. The molecule has 0 saturated carbocycles. The summed E-state index contributed by atoms with van der Waals surface area (Å²) in [6, 6.07) is 9.43. The van der Waals surface area contributed by atoms with Crippen LogP contribution in [0.1, 0.15) is 91.7 Å². The van der Waals surface area contributed by atoms with Crippen LogP contribution in [-0.4, -0.2) is 0 Å². The van der Waals surface area contributed by atoms with Crippen LogP contribution in [0.2, 0.25) is 0 Å². The van der Waals surface area contributed by atoms with Crippen LogP contribution in [0, 0.1) is 20.8 Å². The average Bonchev–Trinajstić information content (AvgIpc) is 2.96. The van der Waals surface area contributed by atoms with Crippen molar-refractivity contribution in [3.63, 3.8) is 0 Å². The first-order valence-electron chi connectivity index (χ1n) is 11.0. The molecule has 2 aliphatic rings. The number of aryl methyl sites for hydroxylation is 2. The lowest BCUT2D eigenvalue weighted by molar-refractivity contribution is 0.445. The van der Waals surface area contributed by atoms with Gasteiger partial charge in [-0.2, -0.15) is 0 Å². The van der Waals surface area contributed by atoms with Gasteiger partial charge < -0.3 is 0 Å². The summed E-state index contributed by atoms with van der Waals surface area (Å²) in [6.45, 7) is 9.21. The molecule has 0 saturated heterocycles. The van der Waals surface area contributed by atoms with Crippen LogP contribution in [0.4, 0.5) is 0 Å². The molecule has 0 heteroatoms. The molecule has 1 unspecified atom stereocenters. The van der Waals surface area contributed by atoms with E-state index in [0.717, 1.165) is 0 Å². The van der Waals surface area contributed by atoms with E-state index < -0.39 is 0 Å². The van der Waals surface area contributed by atoms with Crippen molar-refractivity contribution < 1.29 is 0 Å². The molecule has 0 aromatic heterocycles. The van der Waals surface area contributed by atoms with E-state index in [2.05, 4.69) is 64.1 Å². The van der Waals surface area contributed by atoms with E-state index in [4.69, 9.17) is 0 Å². The van der Waals surface area contributed by atoms with Crippen molar-refractivity contribution in [3.05, 3.63) is 63.7 Å². The Hall–Kier alpha value is -1.82. The van der Waals surface area contributed by atoms with Gasteiger partial charge in [-0.25, -0.2) is 0 Å². The minimum Gasteiger partial charge on any atom is -0.0827 e. The van der Waals surface area contributed by atoms with Gasteiger partial charge in [0.1, 0.15) is 0 Å². The molecule has 1 atom stereocenters. The SMILES string of the molecule is CCCCCCCCC12CC=Cc3c(C)ccc(c31)-c1ccc(C)c(C)c12. The van der Waals surface area contributed by atoms with Gasteiger partial charge in [0.05, 0.1) is 0 Å². The number of hydrogen-bond donors (Lipinski definition) is 0. The molecule has 27 heavy (non-hydrogen) atoms. The summed E-state index contributed by atoms with van der Waals surface area (Å²) < 4.78 is 0. The number of fused-ring (bicyclic) bond motifs is 3. The van der Waals surface area contributed by atoms with Crippen molar-refractivity contribution in [3.8, 4) is 11.1 Å². The largest absolute Gasteiger partial charge is 0.0827 e. The quantitative estimate of drug-likeness (QED) is 0.439. The van der Waals surface area contributed by atoms with Crippen LogP contribution < -0.4 is 0 Å². The van der Waals surface area contributed by atoms with Crippen molar-refractivity contribution in [2.45, 2.75) is 84.5 Å². The molecule has 0 heterocycles. The Morgan fingerprint density at radius 3 is 2.22 bits per heavy atom. The zero-order valence-corrected chi connectivity index (χ0v) is 17.6. The van der Waals surface area contributed by atoms with Crippen molar-refractivity contribution >= 4 is 6.08 Å². The van der Waals surface area contributed by atoms with E-state index in [-0.39, 0.29) is 5.41 Å². The van der Waals surface area contributed by atoms with E-state index in [0.29, 0.717) is 0 Å². The van der Waals surface area contributed by atoms with Gasteiger partial charge in [0.2, 0.25) is 0 Å². The second-order valence-corrected chi connectivity index (χ2v) is 8.86. The Morgan fingerprint density at radius 1 is 0.778 bits per heavy atom. The van der Waals surface area contributed by atoms with Crippen molar-refractivity contribution in [1.29, 1.82) is 0 Å². The normalized spacial score (nSPS) is 19.3. The third-order valence-electron chi connectivity index (χ3n) is 7.15. The first kappa shape index (κ1) is 18.5. The average molecular weight is 359 g/mol. The van der Waals surface area contributed by atoms with Gasteiger partial charge in [0, 0.05) is 5.41 Å². The number of unbranched alkanes of at least 4 members (excludes halogenated alkanes) is 5. The van der Waals surface area contributed by atoms with Gasteiger partial charge in [-0.15, -0.1) is 0 Å². The van der Waals surface area contributed by atoms with E-state index in [9.17, 15) is 0 Å². The van der Waals surface area contributed by atoms with Gasteiger partial charge in [-0.3, -0.25) is 0 Å². The second kappa shape index (κ2) is 7.30. The van der Waals surface area contributed by atoms with Crippen LogP contribution in [0.3, 0.4) is 0 Å². The highest BCUT2D eigenvalue weighted by molar-refractivity contribution is 5.88. The topological polar surface area (TPSA) is 0 Å². The zero-order valence-electron chi connectivity index (χ0n) is 17.6. The maximum Gasteiger partial charge on any atom is 0.0258 e. The van der Waals surface area contributed by atoms with Crippen LogP contribution in [0.15, 0.2) is 30.3 Å². The number of allylic oxidation sites excluding steroid dienone is 1. The molecule has 0 amide bonds. The van der Waals surface area contributed by atoms with Crippen molar-refractivity contribution in [2.75, 3.05) is 0 Å². The predicted molar refractivity (Wildman–Crippen MR) is 119 cm³/mol. The molecule has 2 aliphatic carbocycles. The number of rotatable bonds is 7. The van der Waals surface area contributed by atoms with Gasteiger partial charge in [0.15, 0.2) is 0 Å². The molecule has 4 rings (SSSR count). The number of hydrogen-bond acceptors (Lipinski definition) is 0. The van der Waals surface area contributed by atoms with Crippen molar-refractivity contribution in [2.24, 2.45) is 0 Å². The Morgan fingerprint density at radius 2 is 1.44 bits per heavy atom. The lowest BCUT2D eigenvalue weighted by Crippen LogP contribution is -2.28. The molecule has 0 aliphatic heterocycles. The van der Waals surface area contributed by atoms with Crippen molar-refractivity contribution in [1.82, 2.24) is 0 Å². The van der Waals surface area contributed by atoms with E-state index in [1.54, 1.807) is 11.1 Å². The van der Waals surface area contributed by atoms with E-state index in [1.165, 1.54) is 84.7 Å². The molecule has 0 radical (unpaired) electrons. The summed E-state index contributed by atoms with van der Waals surface area (Å²) in [5.41, 5.74) is 12.4. The van der Waals surface area contributed by atoms with E-state index >= 15 is 0 Å². The van der Waals surface area contributed by atoms with Gasteiger partial charge >= 0.3 is 0 Å². The fourth-order valence-corrected chi connectivity index (χ4v) is 5.60. The molecule has 0 N–H and O–H groups in total. The summed E-state index contributed by atoms with van der Waals surface area (Å²) in [4.78, 5) is 0. The molecule has 0 spiro atoms. The maximum atomic E-state index is 2.45. The van der Waals surface area contributed by atoms with Gasteiger partial charge in [-0.05, 0) is 78.1 Å². The molecular formula is C27H34. The van der Waals surface area contributed by atoms with Gasteiger partial charge in [-0.1, -0.05) is 81.9 Å². The summed E-state index contributed by atoms with van der Waals surface area (Å²) >= 11 is 0. The molecule has 0 nitrogen and oxygen atoms in total. The van der Waals surface area contributed by atoms with E-state index in [1.807, 2.05) is 0 Å². The molecule has 0 bridgehead atoms. The summed E-state index contributed by atoms with van der Waals surface area (Å²) in [5, 5.41) is 0. The zero-order chi connectivity index (χ0) is 19.0. The Kier molecular flexibility index (Phi) is 5.01. The molecule has 0 fully saturated rings. The Bertz CT molecular complexity index is 883. The second-order valence-electron chi connectivity index (χ2n) is 8.86. The third-order valence-corrected chi connectivity index (χ3v) is 7.15. The van der Waals surface area contributed by atoms with Gasteiger partial charge in [0.25, 0.3) is 0 Å². The lowest BCUT2D eigenvalue weighted by Gasteiger charge is -2.36. The highest BCUT2D eigenvalue weighted by Crippen LogP contribution is 2.58. The lowest BCUT2D eigenvalue weighted by atomic mass is 9.66. The molecular weight excluding hydrogens is 324 g/mol. The maximum absolute atomic E-state index is 2.45. The minimum absolute atomic E-state index is 0.210. The highest BCUT2D eigenvalue weighted by atomic mass is 14.5. The standard InChI is InChI=1S/C27H34/c1-5-6-7-8-9-10-17-27-18-11-12-22-20(3)14-16-24(26(22)27)23-15-13-19(2)21(4)25(23)27/h11-16H,5-10,17-18H2,1-4H3. The molecule has 2 aromatic rings. The Labute approximate surface area is 165 Å². The highest BCUT2D eigenvalue weighted by Gasteiger charge is 2.45. The Balaban J connectivity index is 1.76. The van der Waals surface area contributed by atoms with Crippen LogP contribution in [-0.2, 0) is 5.41 Å². The fraction of sp³-hybridized carbons (Fsp3) is 0.481.